The number of hydrogen-bond acceptors (Lipinski definition) is 3. The highest BCUT2D eigenvalue weighted by Gasteiger charge is 2.59. The maximum atomic E-state index is 12.0. The van der Waals surface area contributed by atoms with Crippen molar-refractivity contribution in [1.82, 2.24) is 10.0 Å². The molecule has 16 heavy (non-hydrogen) atoms. The molecular formula is C11H18N2O2S. The Morgan fingerprint density at radius 2 is 2.12 bits per heavy atom. The Balaban J connectivity index is 1.90. The second kappa shape index (κ2) is 4.28. The van der Waals surface area contributed by atoms with Crippen LogP contribution >= 0.6 is 11.9 Å². The summed E-state index contributed by atoms with van der Waals surface area (Å²) >= 11 is 1.51. The van der Waals surface area contributed by atoms with E-state index in [1.165, 1.54) is 31.7 Å². The molecule has 2 aliphatic carbocycles. The van der Waals surface area contributed by atoms with Gasteiger partial charge in [0.25, 0.3) is 5.91 Å². The summed E-state index contributed by atoms with van der Waals surface area (Å²) in [5.41, 5.74) is -0.609. The highest BCUT2D eigenvalue weighted by molar-refractivity contribution is 7.98. The summed E-state index contributed by atoms with van der Waals surface area (Å²) in [6, 6.07) is 0. The molecule has 2 N–H and O–H groups in total. The van der Waals surface area contributed by atoms with Gasteiger partial charge < -0.3 is 5.32 Å². The summed E-state index contributed by atoms with van der Waals surface area (Å²) in [4.78, 5) is 23.1. The van der Waals surface area contributed by atoms with Gasteiger partial charge in [0.2, 0.25) is 5.91 Å². The summed E-state index contributed by atoms with van der Waals surface area (Å²) < 4.78 is 2.88. The van der Waals surface area contributed by atoms with Crippen LogP contribution in [0.3, 0.4) is 0 Å². The number of amides is 2. The van der Waals surface area contributed by atoms with Crippen molar-refractivity contribution in [3.63, 3.8) is 0 Å². The van der Waals surface area contributed by atoms with Crippen molar-refractivity contribution in [2.45, 2.75) is 50.3 Å². The fraction of sp³-hybridized carbons (Fsp3) is 0.818. The average Bonchev–Trinajstić information content (AvgIpc) is 3.09. The van der Waals surface area contributed by atoms with E-state index in [-0.39, 0.29) is 11.8 Å². The van der Waals surface area contributed by atoms with Gasteiger partial charge in [0, 0.05) is 12.2 Å². The van der Waals surface area contributed by atoms with Crippen molar-refractivity contribution in [2.24, 2.45) is 5.92 Å². The Morgan fingerprint density at radius 1 is 1.44 bits per heavy atom. The van der Waals surface area contributed by atoms with Gasteiger partial charge >= 0.3 is 0 Å². The van der Waals surface area contributed by atoms with E-state index in [9.17, 15) is 9.59 Å². The first-order chi connectivity index (χ1) is 7.58. The topological polar surface area (TPSA) is 58.2 Å². The number of rotatable bonds is 5. The quantitative estimate of drug-likeness (QED) is 0.713. The molecule has 0 aromatic heterocycles. The van der Waals surface area contributed by atoms with Crippen LogP contribution in [0.2, 0.25) is 0 Å². The van der Waals surface area contributed by atoms with E-state index in [1.807, 2.05) is 0 Å². The SMILES string of the molecule is CCC1CC1(NC(C)=O)C(=O)NSC1CC1. The Hall–Kier alpha value is -0.710. The van der Waals surface area contributed by atoms with Crippen molar-refractivity contribution >= 4 is 23.8 Å². The minimum Gasteiger partial charge on any atom is -0.342 e. The Bertz CT molecular complexity index is 317. The zero-order valence-electron chi connectivity index (χ0n) is 9.71. The van der Waals surface area contributed by atoms with Crippen molar-refractivity contribution in [3.8, 4) is 0 Å². The van der Waals surface area contributed by atoms with Crippen molar-refractivity contribution < 1.29 is 9.59 Å². The average molecular weight is 242 g/mol. The second-order valence-electron chi connectivity index (χ2n) is 4.71. The van der Waals surface area contributed by atoms with E-state index in [4.69, 9.17) is 0 Å². The highest BCUT2D eigenvalue weighted by Crippen LogP contribution is 2.46. The zero-order chi connectivity index (χ0) is 11.8. The van der Waals surface area contributed by atoms with Gasteiger partial charge in [0.15, 0.2) is 0 Å². The van der Waals surface area contributed by atoms with E-state index in [1.54, 1.807) is 0 Å². The molecule has 0 radical (unpaired) electrons. The van der Waals surface area contributed by atoms with Crippen LogP contribution in [0.5, 0.6) is 0 Å². The lowest BCUT2D eigenvalue weighted by Crippen LogP contribution is -2.48. The van der Waals surface area contributed by atoms with Crippen molar-refractivity contribution in [2.75, 3.05) is 0 Å². The molecule has 2 fully saturated rings. The first-order valence-corrected chi connectivity index (χ1v) is 6.71. The van der Waals surface area contributed by atoms with Crippen LogP contribution in [0, 0.1) is 5.92 Å². The van der Waals surface area contributed by atoms with Gasteiger partial charge in [-0.3, -0.25) is 14.3 Å². The third kappa shape index (κ3) is 2.34. The lowest BCUT2D eigenvalue weighted by Gasteiger charge is -2.17. The van der Waals surface area contributed by atoms with Gasteiger partial charge in [-0.15, -0.1) is 0 Å². The summed E-state index contributed by atoms with van der Waals surface area (Å²) in [6.07, 6.45) is 4.09. The van der Waals surface area contributed by atoms with Gasteiger partial charge in [0.05, 0.1) is 0 Å². The molecule has 0 saturated heterocycles. The van der Waals surface area contributed by atoms with Crippen LogP contribution in [0.4, 0.5) is 0 Å². The molecule has 2 saturated carbocycles. The van der Waals surface area contributed by atoms with Gasteiger partial charge in [-0.1, -0.05) is 13.3 Å². The van der Waals surface area contributed by atoms with Crippen LogP contribution in [-0.4, -0.2) is 22.6 Å². The lowest BCUT2D eigenvalue weighted by atomic mass is 10.1. The van der Waals surface area contributed by atoms with E-state index in [0.29, 0.717) is 11.2 Å². The minimum atomic E-state index is -0.609. The largest absolute Gasteiger partial charge is 0.342 e. The van der Waals surface area contributed by atoms with E-state index in [0.717, 1.165) is 12.8 Å². The van der Waals surface area contributed by atoms with Crippen LogP contribution in [-0.2, 0) is 9.59 Å². The van der Waals surface area contributed by atoms with Gasteiger partial charge in [-0.05, 0) is 37.1 Å². The summed E-state index contributed by atoms with van der Waals surface area (Å²) in [5.74, 6) is 0.158. The predicted molar refractivity (Wildman–Crippen MR) is 63.7 cm³/mol. The third-order valence-corrected chi connectivity index (χ3v) is 4.35. The maximum absolute atomic E-state index is 12.0. The number of nitrogens with one attached hydrogen (secondary N) is 2. The number of carbonyl (C=O) groups excluding carboxylic acids is 2. The zero-order valence-corrected chi connectivity index (χ0v) is 10.5. The molecule has 2 aliphatic rings. The second-order valence-corrected chi connectivity index (χ2v) is 5.82. The van der Waals surface area contributed by atoms with E-state index < -0.39 is 5.54 Å². The first kappa shape index (κ1) is 11.8. The van der Waals surface area contributed by atoms with Crippen LogP contribution in [0.25, 0.3) is 0 Å². The van der Waals surface area contributed by atoms with Gasteiger partial charge in [-0.2, -0.15) is 0 Å². The van der Waals surface area contributed by atoms with E-state index in [2.05, 4.69) is 17.0 Å². The van der Waals surface area contributed by atoms with Gasteiger partial charge in [-0.25, -0.2) is 0 Å². The molecule has 0 heterocycles. The standard InChI is InChI=1S/C11H18N2O2S/c1-3-8-6-11(8,12-7(2)14)10(15)13-16-9-4-5-9/h8-9H,3-6H2,1-2H3,(H,12,14)(H,13,15). The molecule has 2 amide bonds. The fourth-order valence-electron chi connectivity index (χ4n) is 2.04. The Labute approximate surface area is 100 Å². The monoisotopic (exact) mass is 242 g/mol. The fourth-order valence-corrected chi connectivity index (χ4v) is 2.87. The number of hydrogen-bond donors (Lipinski definition) is 2. The number of carbonyl (C=O) groups is 2. The molecule has 0 aliphatic heterocycles. The highest BCUT2D eigenvalue weighted by atomic mass is 32.2. The smallest absolute Gasteiger partial charge is 0.255 e. The van der Waals surface area contributed by atoms with Crippen LogP contribution < -0.4 is 10.0 Å². The molecule has 5 heteroatoms. The normalized spacial score (nSPS) is 32.0. The molecule has 2 unspecified atom stereocenters. The molecule has 4 nitrogen and oxygen atoms in total. The summed E-state index contributed by atoms with van der Waals surface area (Å²) in [7, 11) is 0. The summed E-state index contributed by atoms with van der Waals surface area (Å²) in [6.45, 7) is 3.52. The van der Waals surface area contributed by atoms with Crippen molar-refractivity contribution in [3.05, 3.63) is 0 Å². The van der Waals surface area contributed by atoms with Crippen LogP contribution in [0.1, 0.15) is 39.5 Å². The predicted octanol–water partition coefficient (Wildman–Crippen LogP) is 1.22. The summed E-state index contributed by atoms with van der Waals surface area (Å²) in [5, 5.41) is 3.41. The molecule has 2 rings (SSSR count). The third-order valence-electron chi connectivity index (χ3n) is 3.24. The molecule has 0 bridgehead atoms. The first-order valence-electron chi connectivity index (χ1n) is 5.83. The Morgan fingerprint density at radius 3 is 2.56 bits per heavy atom. The molecule has 90 valence electrons. The van der Waals surface area contributed by atoms with E-state index >= 15 is 0 Å². The molecule has 0 aromatic carbocycles. The molecular weight excluding hydrogens is 224 g/mol. The van der Waals surface area contributed by atoms with Gasteiger partial charge in [0.1, 0.15) is 5.54 Å². The molecule has 0 spiro atoms. The van der Waals surface area contributed by atoms with Crippen molar-refractivity contribution in [1.29, 1.82) is 0 Å². The van der Waals surface area contributed by atoms with Crippen LogP contribution in [0.15, 0.2) is 0 Å². The minimum absolute atomic E-state index is 0.0218. The molecule has 2 atom stereocenters. The maximum Gasteiger partial charge on any atom is 0.255 e. The molecule has 0 aromatic rings. The Kier molecular flexibility index (Phi) is 3.15. The lowest BCUT2D eigenvalue weighted by molar-refractivity contribution is -0.128.